The molecule has 2 N–H and O–H groups in total. The fourth-order valence-electron chi connectivity index (χ4n) is 2.89. The molecule has 132 valence electrons. The van der Waals surface area contributed by atoms with Crippen LogP contribution in [-0.4, -0.2) is 47.1 Å². The molecular weight excluding hydrogens is 346 g/mol. The van der Waals surface area contributed by atoms with Gasteiger partial charge in [-0.25, -0.2) is 0 Å². The Balaban J connectivity index is 1.84. The summed E-state index contributed by atoms with van der Waals surface area (Å²) in [7, 11) is 0. The molecule has 2 heterocycles. The van der Waals surface area contributed by atoms with Crippen molar-refractivity contribution >= 4 is 41.4 Å². The monoisotopic (exact) mass is 363 g/mol. The van der Waals surface area contributed by atoms with Crippen LogP contribution in [0.2, 0.25) is 0 Å². The number of carbonyl (C=O) groups excluding carboxylic acids is 4. The second kappa shape index (κ2) is 7.24. The van der Waals surface area contributed by atoms with Gasteiger partial charge in [0.2, 0.25) is 11.8 Å². The predicted octanol–water partition coefficient (Wildman–Crippen LogP) is 1.14. The molecule has 3 rings (SSSR count). The van der Waals surface area contributed by atoms with E-state index in [1.54, 1.807) is 18.2 Å². The summed E-state index contributed by atoms with van der Waals surface area (Å²) in [4.78, 5) is 49.7. The third-order valence-corrected chi connectivity index (χ3v) is 4.66. The molecule has 2 aliphatic heterocycles. The molecule has 1 saturated heterocycles. The maximum Gasteiger partial charge on any atom is 0.264 e. The summed E-state index contributed by atoms with van der Waals surface area (Å²) in [6.45, 7) is 2.42. The highest BCUT2D eigenvalue weighted by atomic mass is 32.2. The topological polar surface area (TPSA) is 105 Å². The molecule has 25 heavy (non-hydrogen) atoms. The number of carbonyl (C=O) groups is 4. The minimum absolute atomic E-state index is 0.0971. The zero-order valence-corrected chi connectivity index (χ0v) is 14.4. The van der Waals surface area contributed by atoms with Crippen molar-refractivity contribution in [2.45, 2.75) is 25.8 Å². The van der Waals surface area contributed by atoms with Crippen molar-refractivity contribution in [3.8, 4) is 0 Å². The molecule has 2 aliphatic rings. The fraction of sp³-hybridized carbons (Fsp3) is 0.375. The van der Waals surface area contributed by atoms with Crippen LogP contribution in [0.15, 0.2) is 18.2 Å². The summed E-state index contributed by atoms with van der Waals surface area (Å²) in [5, 5.41) is 5.23. The Bertz CT molecular complexity index is 751. The third-order valence-electron chi connectivity index (χ3n) is 3.99. The first-order valence-electron chi connectivity index (χ1n) is 7.87. The number of hydrogen-bond acceptors (Lipinski definition) is 7. The highest BCUT2D eigenvalue weighted by Gasteiger charge is 2.45. The summed E-state index contributed by atoms with van der Waals surface area (Å²) < 4.78 is 5.17. The highest BCUT2D eigenvalue weighted by Crippen LogP contribution is 2.32. The van der Waals surface area contributed by atoms with Crippen molar-refractivity contribution in [2.24, 2.45) is 0 Å². The Labute approximate surface area is 148 Å². The van der Waals surface area contributed by atoms with Gasteiger partial charge in [-0.2, -0.15) is 0 Å². The fourth-order valence-corrected chi connectivity index (χ4v) is 3.36. The first kappa shape index (κ1) is 17.4. The summed E-state index contributed by atoms with van der Waals surface area (Å²) in [6, 6.07) is 3.97. The van der Waals surface area contributed by atoms with E-state index in [1.165, 1.54) is 12.0 Å². The molecule has 0 radical (unpaired) electrons. The zero-order chi connectivity index (χ0) is 18.0. The number of nitrogens with zero attached hydrogens (tertiary/aromatic N) is 1. The minimum Gasteiger partial charge on any atom is -0.373 e. The van der Waals surface area contributed by atoms with Crippen molar-refractivity contribution in [3.63, 3.8) is 0 Å². The van der Waals surface area contributed by atoms with Crippen molar-refractivity contribution in [3.05, 3.63) is 29.3 Å². The average molecular weight is 363 g/mol. The molecular formula is C16H17N3O5S. The van der Waals surface area contributed by atoms with E-state index >= 15 is 0 Å². The van der Waals surface area contributed by atoms with Crippen molar-refractivity contribution < 1.29 is 23.4 Å². The maximum absolute atomic E-state index is 12.8. The Hall–Kier alpha value is -2.39. The van der Waals surface area contributed by atoms with E-state index in [2.05, 4.69) is 10.6 Å². The van der Waals surface area contributed by atoms with Crippen LogP contribution in [0.4, 0.5) is 5.69 Å². The molecule has 0 aliphatic carbocycles. The van der Waals surface area contributed by atoms with Crippen LogP contribution in [0.1, 0.15) is 40.5 Å². The van der Waals surface area contributed by atoms with Gasteiger partial charge in [-0.15, -0.1) is 0 Å². The molecule has 0 spiro atoms. The van der Waals surface area contributed by atoms with Gasteiger partial charge in [0.25, 0.3) is 11.8 Å². The van der Waals surface area contributed by atoms with E-state index in [4.69, 9.17) is 4.18 Å². The van der Waals surface area contributed by atoms with Crippen LogP contribution in [0.25, 0.3) is 0 Å². The molecule has 8 nitrogen and oxygen atoms in total. The van der Waals surface area contributed by atoms with E-state index < -0.39 is 29.7 Å². The largest absolute Gasteiger partial charge is 0.373 e. The standard InChI is InChI=1S/C16H17N3O5S/c1-2-24-25-8-17-10-5-3-4-9-13(10)16(23)19(15(9)22)11-6-7-12(20)18-14(11)21/h3-5,11,17H,2,6-8H2,1H3,(H,18,20,21). The molecule has 1 aromatic carbocycles. The minimum atomic E-state index is -0.962. The van der Waals surface area contributed by atoms with Gasteiger partial charge in [0.1, 0.15) is 6.04 Å². The van der Waals surface area contributed by atoms with E-state index in [1.807, 2.05) is 6.92 Å². The summed E-state index contributed by atoms with van der Waals surface area (Å²) >= 11 is 1.20. The lowest BCUT2D eigenvalue weighted by Crippen LogP contribution is -2.54. The number of nitrogens with one attached hydrogen (secondary N) is 2. The lowest BCUT2D eigenvalue weighted by atomic mass is 10.0. The van der Waals surface area contributed by atoms with Gasteiger partial charge in [-0.1, -0.05) is 6.07 Å². The number of hydrogen-bond donors (Lipinski definition) is 2. The first-order chi connectivity index (χ1) is 12.0. The van der Waals surface area contributed by atoms with Crippen LogP contribution >= 0.6 is 12.0 Å². The third kappa shape index (κ3) is 3.24. The van der Waals surface area contributed by atoms with Gasteiger partial charge >= 0.3 is 0 Å². The normalized spacial score (nSPS) is 19.9. The molecule has 1 atom stereocenters. The zero-order valence-electron chi connectivity index (χ0n) is 13.5. The van der Waals surface area contributed by atoms with E-state index in [0.717, 1.165) is 4.90 Å². The number of rotatable bonds is 6. The van der Waals surface area contributed by atoms with Gasteiger partial charge in [-0.3, -0.25) is 29.4 Å². The predicted molar refractivity (Wildman–Crippen MR) is 90.8 cm³/mol. The number of imide groups is 2. The molecule has 9 heteroatoms. The smallest absolute Gasteiger partial charge is 0.264 e. The summed E-state index contributed by atoms with van der Waals surface area (Å²) in [5.41, 5.74) is 1.01. The first-order valence-corrected chi connectivity index (χ1v) is 8.78. The van der Waals surface area contributed by atoms with Gasteiger partial charge in [0.05, 0.1) is 23.6 Å². The SMILES string of the molecule is CCOSCNc1cccc2c1C(=O)N(C1CCC(=O)NC1=O)C2=O. The molecule has 0 saturated carbocycles. The number of piperidine rings is 1. The van der Waals surface area contributed by atoms with E-state index in [9.17, 15) is 19.2 Å². The van der Waals surface area contributed by atoms with Crippen molar-refractivity contribution in [1.82, 2.24) is 10.2 Å². The van der Waals surface area contributed by atoms with Gasteiger partial charge in [-0.05, 0) is 25.5 Å². The second-order valence-electron chi connectivity index (χ2n) is 5.52. The molecule has 1 unspecified atom stereocenters. The Morgan fingerprint density at radius 3 is 2.80 bits per heavy atom. The van der Waals surface area contributed by atoms with E-state index in [-0.39, 0.29) is 24.0 Å². The van der Waals surface area contributed by atoms with Gasteiger partial charge < -0.3 is 9.50 Å². The van der Waals surface area contributed by atoms with Crippen LogP contribution < -0.4 is 10.6 Å². The van der Waals surface area contributed by atoms with Crippen LogP contribution in [0.5, 0.6) is 0 Å². The number of benzene rings is 1. The van der Waals surface area contributed by atoms with Crippen LogP contribution in [0.3, 0.4) is 0 Å². The summed E-state index contributed by atoms with van der Waals surface area (Å²) in [5.74, 6) is -1.65. The molecule has 1 fully saturated rings. The lowest BCUT2D eigenvalue weighted by molar-refractivity contribution is -0.136. The molecule has 0 bridgehead atoms. The van der Waals surface area contributed by atoms with Gasteiger partial charge in [0.15, 0.2) is 0 Å². The number of anilines is 1. The Morgan fingerprint density at radius 1 is 1.28 bits per heavy atom. The van der Waals surface area contributed by atoms with E-state index in [0.29, 0.717) is 18.2 Å². The van der Waals surface area contributed by atoms with Gasteiger partial charge in [0, 0.05) is 24.2 Å². The van der Waals surface area contributed by atoms with Crippen molar-refractivity contribution in [1.29, 1.82) is 0 Å². The summed E-state index contributed by atoms with van der Waals surface area (Å²) in [6.07, 6.45) is 0.235. The molecule has 0 aromatic heterocycles. The lowest BCUT2D eigenvalue weighted by Gasteiger charge is -2.27. The molecule has 4 amide bonds. The second-order valence-corrected chi connectivity index (χ2v) is 6.28. The average Bonchev–Trinajstić information content (AvgIpc) is 2.84. The quantitative estimate of drug-likeness (QED) is 0.338. The highest BCUT2D eigenvalue weighted by molar-refractivity contribution is 7.94. The number of amides is 4. The number of fused-ring (bicyclic) bond motifs is 1. The maximum atomic E-state index is 12.8. The Kier molecular flexibility index (Phi) is 5.05. The Morgan fingerprint density at radius 2 is 2.08 bits per heavy atom. The van der Waals surface area contributed by atoms with Crippen LogP contribution in [0, 0.1) is 0 Å². The molecule has 1 aromatic rings. The van der Waals surface area contributed by atoms with Crippen LogP contribution in [-0.2, 0) is 13.8 Å². The van der Waals surface area contributed by atoms with Crippen molar-refractivity contribution in [2.75, 3.05) is 17.8 Å².